The fourth-order valence-electron chi connectivity index (χ4n) is 2.71. The van der Waals surface area contributed by atoms with Crippen LogP contribution in [0.3, 0.4) is 0 Å². The molecule has 0 saturated carbocycles. The third-order valence-corrected chi connectivity index (χ3v) is 4.02. The topological polar surface area (TPSA) is 94.1 Å². The highest BCUT2D eigenvalue weighted by atomic mass is 16.5. The van der Waals surface area contributed by atoms with Gasteiger partial charge >= 0.3 is 5.97 Å². The molecule has 0 saturated heterocycles. The SMILES string of the molecule is COc1cccc(CC(=O)NC(CC(=O)O)c2ccc(OC)c(OC)c2)c1. The van der Waals surface area contributed by atoms with E-state index < -0.39 is 12.0 Å². The predicted molar refractivity (Wildman–Crippen MR) is 99.4 cm³/mol. The number of carboxylic acids is 1. The molecule has 27 heavy (non-hydrogen) atoms. The van der Waals surface area contributed by atoms with E-state index in [9.17, 15) is 14.7 Å². The molecule has 7 heteroatoms. The van der Waals surface area contributed by atoms with Gasteiger partial charge in [-0.2, -0.15) is 0 Å². The monoisotopic (exact) mass is 373 g/mol. The van der Waals surface area contributed by atoms with Gasteiger partial charge < -0.3 is 24.6 Å². The molecule has 2 N–H and O–H groups in total. The minimum atomic E-state index is -1.02. The number of carboxylic acid groups (broad SMARTS) is 1. The van der Waals surface area contributed by atoms with Crippen LogP contribution in [0, 0.1) is 0 Å². The molecule has 1 unspecified atom stereocenters. The average Bonchev–Trinajstić information content (AvgIpc) is 2.66. The molecule has 144 valence electrons. The van der Waals surface area contributed by atoms with Crippen molar-refractivity contribution in [3.8, 4) is 17.2 Å². The lowest BCUT2D eigenvalue weighted by atomic mass is 10.0. The van der Waals surface area contributed by atoms with Gasteiger partial charge in [-0.05, 0) is 35.4 Å². The van der Waals surface area contributed by atoms with Gasteiger partial charge in [0.15, 0.2) is 11.5 Å². The van der Waals surface area contributed by atoms with Crippen molar-refractivity contribution in [3.63, 3.8) is 0 Å². The zero-order valence-electron chi connectivity index (χ0n) is 15.5. The van der Waals surface area contributed by atoms with Gasteiger partial charge in [-0.1, -0.05) is 18.2 Å². The molecule has 0 aliphatic heterocycles. The molecule has 0 heterocycles. The first kappa shape index (κ1) is 20.1. The summed E-state index contributed by atoms with van der Waals surface area (Å²) in [6.07, 6.45) is -0.139. The van der Waals surface area contributed by atoms with Gasteiger partial charge in [-0.15, -0.1) is 0 Å². The molecule has 2 aromatic carbocycles. The Labute approximate surface area is 157 Å². The van der Waals surface area contributed by atoms with Crippen LogP contribution in [-0.2, 0) is 16.0 Å². The number of hydrogen-bond acceptors (Lipinski definition) is 5. The Morgan fingerprint density at radius 3 is 2.37 bits per heavy atom. The summed E-state index contributed by atoms with van der Waals surface area (Å²) in [5.74, 6) is 0.341. The quantitative estimate of drug-likeness (QED) is 0.702. The average molecular weight is 373 g/mol. The molecule has 1 amide bonds. The third-order valence-electron chi connectivity index (χ3n) is 4.02. The number of methoxy groups -OCH3 is 3. The van der Waals surface area contributed by atoms with Gasteiger partial charge in [0.05, 0.1) is 40.2 Å². The molecule has 0 aliphatic carbocycles. The fraction of sp³-hybridized carbons (Fsp3) is 0.300. The molecule has 0 spiro atoms. The Hall–Kier alpha value is -3.22. The number of carbonyl (C=O) groups excluding carboxylic acids is 1. The lowest BCUT2D eigenvalue weighted by Crippen LogP contribution is -2.31. The van der Waals surface area contributed by atoms with Gasteiger partial charge in [0.2, 0.25) is 5.91 Å². The lowest BCUT2D eigenvalue weighted by molar-refractivity contribution is -0.137. The first-order valence-corrected chi connectivity index (χ1v) is 8.32. The maximum Gasteiger partial charge on any atom is 0.305 e. The van der Waals surface area contributed by atoms with Crippen molar-refractivity contribution in [1.29, 1.82) is 0 Å². The molecular formula is C20H23NO6. The number of rotatable bonds is 9. The Morgan fingerprint density at radius 1 is 1.00 bits per heavy atom. The van der Waals surface area contributed by atoms with E-state index >= 15 is 0 Å². The molecule has 0 aliphatic rings. The van der Waals surface area contributed by atoms with Crippen LogP contribution in [0.5, 0.6) is 17.2 Å². The first-order valence-electron chi connectivity index (χ1n) is 8.32. The summed E-state index contributed by atoms with van der Waals surface area (Å²) in [5.41, 5.74) is 1.39. The minimum absolute atomic E-state index is 0.112. The highest BCUT2D eigenvalue weighted by Crippen LogP contribution is 2.31. The number of benzene rings is 2. The normalized spacial score (nSPS) is 11.4. The fourth-order valence-corrected chi connectivity index (χ4v) is 2.71. The number of amides is 1. The maximum atomic E-state index is 12.5. The number of hydrogen-bond donors (Lipinski definition) is 2. The largest absolute Gasteiger partial charge is 0.497 e. The summed E-state index contributed by atoms with van der Waals surface area (Å²) in [6, 6.07) is 11.5. The van der Waals surface area contributed by atoms with E-state index in [1.165, 1.54) is 14.2 Å². The number of ether oxygens (including phenoxy) is 3. The molecule has 1 atom stereocenters. The zero-order chi connectivity index (χ0) is 19.8. The summed E-state index contributed by atoms with van der Waals surface area (Å²) in [4.78, 5) is 23.7. The molecule has 0 bridgehead atoms. The smallest absolute Gasteiger partial charge is 0.305 e. The summed E-state index contributed by atoms with van der Waals surface area (Å²) < 4.78 is 15.6. The summed E-state index contributed by atoms with van der Waals surface area (Å²) in [6.45, 7) is 0. The van der Waals surface area contributed by atoms with Gasteiger partial charge in [0, 0.05) is 0 Å². The third kappa shape index (κ3) is 5.64. The van der Waals surface area contributed by atoms with Gasteiger partial charge in [0.25, 0.3) is 0 Å². The molecule has 0 aromatic heterocycles. The first-order chi connectivity index (χ1) is 13.0. The second kappa shape index (κ2) is 9.47. The summed E-state index contributed by atoms with van der Waals surface area (Å²) in [7, 11) is 4.57. The maximum absolute atomic E-state index is 12.5. The molecule has 0 radical (unpaired) electrons. The van der Waals surface area contributed by atoms with E-state index in [0.717, 1.165) is 5.56 Å². The van der Waals surface area contributed by atoms with E-state index in [1.807, 2.05) is 6.07 Å². The van der Waals surface area contributed by atoms with Crippen LogP contribution in [0.2, 0.25) is 0 Å². The van der Waals surface area contributed by atoms with Gasteiger partial charge in [-0.3, -0.25) is 9.59 Å². The Balaban J connectivity index is 2.18. The van der Waals surface area contributed by atoms with Crippen LogP contribution in [0.25, 0.3) is 0 Å². The van der Waals surface area contributed by atoms with Crippen LogP contribution in [0.1, 0.15) is 23.6 Å². The van der Waals surface area contributed by atoms with Gasteiger partial charge in [0.1, 0.15) is 5.75 Å². The van der Waals surface area contributed by atoms with Crippen molar-refractivity contribution in [1.82, 2.24) is 5.32 Å². The highest BCUT2D eigenvalue weighted by Gasteiger charge is 2.20. The van der Waals surface area contributed by atoms with Crippen molar-refractivity contribution in [3.05, 3.63) is 53.6 Å². The molecule has 7 nitrogen and oxygen atoms in total. The van der Waals surface area contributed by atoms with Crippen molar-refractivity contribution >= 4 is 11.9 Å². The number of nitrogens with one attached hydrogen (secondary N) is 1. The van der Waals surface area contributed by atoms with Crippen LogP contribution in [0.4, 0.5) is 0 Å². The van der Waals surface area contributed by atoms with Crippen molar-refractivity contribution in [2.75, 3.05) is 21.3 Å². The van der Waals surface area contributed by atoms with Crippen LogP contribution in [-0.4, -0.2) is 38.3 Å². The summed E-state index contributed by atoms with van der Waals surface area (Å²) >= 11 is 0. The van der Waals surface area contributed by atoms with E-state index in [1.54, 1.807) is 43.5 Å². The Bertz CT molecular complexity index is 805. The van der Waals surface area contributed by atoms with E-state index in [4.69, 9.17) is 14.2 Å². The second-order valence-corrected chi connectivity index (χ2v) is 5.86. The lowest BCUT2D eigenvalue weighted by Gasteiger charge is -2.19. The van der Waals surface area contributed by atoms with Crippen molar-refractivity contribution < 1.29 is 28.9 Å². The van der Waals surface area contributed by atoms with Crippen LogP contribution >= 0.6 is 0 Å². The Morgan fingerprint density at radius 2 is 1.74 bits per heavy atom. The van der Waals surface area contributed by atoms with Crippen LogP contribution < -0.4 is 19.5 Å². The minimum Gasteiger partial charge on any atom is -0.497 e. The predicted octanol–water partition coefficient (Wildman–Crippen LogP) is 2.59. The van der Waals surface area contributed by atoms with Gasteiger partial charge in [-0.25, -0.2) is 0 Å². The van der Waals surface area contributed by atoms with Crippen molar-refractivity contribution in [2.24, 2.45) is 0 Å². The van der Waals surface area contributed by atoms with E-state index in [-0.39, 0.29) is 18.7 Å². The molecule has 2 aromatic rings. The summed E-state index contributed by atoms with van der Waals surface area (Å²) in [5, 5.41) is 12.0. The number of carbonyl (C=O) groups is 2. The Kier molecular flexibility index (Phi) is 7.05. The van der Waals surface area contributed by atoms with E-state index in [0.29, 0.717) is 22.8 Å². The van der Waals surface area contributed by atoms with Crippen LogP contribution in [0.15, 0.2) is 42.5 Å². The molecule has 0 fully saturated rings. The standard InChI is InChI=1S/C20H23NO6/c1-25-15-6-4-5-13(9-15)10-19(22)21-16(12-20(23)24)14-7-8-17(26-2)18(11-14)27-3/h4-9,11,16H,10,12H2,1-3H3,(H,21,22)(H,23,24). The van der Waals surface area contributed by atoms with Crippen molar-refractivity contribution in [2.45, 2.75) is 18.9 Å². The zero-order valence-corrected chi connectivity index (χ0v) is 15.5. The molecule has 2 rings (SSSR count). The number of aliphatic carboxylic acids is 1. The molecular weight excluding hydrogens is 350 g/mol. The van der Waals surface area contributed by atoms with E-state index in [2.05, 4.69) is 5.32 Å². The second-order valence-electron chi connectivity index (χ2n) is 5.86. The highest BCUT2D eigenvalue weighted by molar-refractivity contribution is 5.80.